The average Bonchev–Trinajstić information content (AvgIpc) is 2.62. The minimum absolute atomic E-state index is 0.0859. The van der Waals surface area contributed by atoms with Gasteiger partial charge in [0.15, 0.2) is 0 Å². The third kappa shape index (κ3) is 5.40. The molecule has 0 aliphatic carbocycles. The summed E-state index contributed by atoms with van der Waals surface area (Å²) in [6.45, 7) is 6.34. The van der Waals surface area contributed by atoms with Crippen molar-refractivity contribution >= 4 is 17.5 Å². The predicted molar refractivity (Wildman–Crippen MR) is 105 cm³/mol. The van der Waals surface area contributed by atoms with Gasteiger partial charge in [-0.15, -0.1) is 0 Å². The van der Waals surface area contributed by atoms with Crippen LogP contribution in [-0.4, -0.2) is 19.1 Å². The van der Waals surface area contributed by atoms with Crippen LogP contribution < -0.4 is 14.8 Å². The second kappa shape index (κ2) is 9.48. The Morgan fingerprint density at radius 3 is 2.65 bits per heavy atom. The van der Waals surface area contributed by atoms with Gasteiger partial charge in [0, 0.05) is 22.2 Å². The van der Waals surface area contributed by atoms with Gasteiger partial charge >= 0.3 is 0 Å². The normalized spacial score (nSPS) is 11.7. The molecule has 0 spiro atoms. The van der Waals surface area contributed by atoms with E-state index < -0.39 is 0 Å². The van der Waals surface area contributed by atoms with E-state index in [4.69, 9.17) is 21.1 Å². The largest absolute Gasteiger partial charge is 0.496 e. The lowest BCUT2D eigenvalue weighted by Gasteiger charge is -2.15. The van der Waals surface area contributed by atoms with Crippen molar-refractivity contribution in [1.82, 2.24) is 5.32 Å². The molecule has 2 aromatic rings. The molecular formula is C21H26ClNO3. The number of methoxy groups -OCH3 is 1. The number of nitrogens with one attached hydrogen (secondary N) is 1. The fourth-order valence-electron chi connectivity index (χ4n) is 2.71. The zero-order chi connectivity index (χ0) is 19.1. The highest BCUT2D eigenvalue weighted by Gasteiger charge is 2.13. The molecule has 1 atom stereocenters. The number of ether oxygens (including phenoxy) is 2. The monoisotopic (exact) mass is 375 g/mol. The summed E-state index contributed by atoms with van der Waals surface area (Å²) in [6.07, 6.45) is 1.98. The first-order chi connectivity index (χ1) is 12.4. The van der Waals surface area contributed by atoms with Crippen molar-refractivity contribution in [1.29, 1.82) is 0 Å². The molecule has 0 saturated heterocycles. The molecule has 2 aromatic carbocycles. The van der Waals surface area contributed by atoms with E-state index in [1.54, 1.807) is 19.2 Å². The third-order valence-corrected chi connectivity index (χ3v) is 4.59. The fourth-order valence-corrected chi connectivity index (χ4v) is 2.83. The number of halogens is 1. The average molecular weight is 376 g/mol. The lowest BCUT2D eigenvalue weighted by atomic mass is 10.1. The van der Waals surface area contributed by atoms with Crippen molar-refractivity contribution in [2.24, 2.45) is 0 Å². The highest BCUT2D eigenvalue weighted by atomic mass is 35.5. The zero-order valence-corrected chi connectivity index (χ0v) is 16.5. The first kappa shape index (κ1) is 20.1. The number of amides is 1. The summed E-state index contributed by atoms with van der Waals surface area (Å²) in [4.78, 5) is 12.4. The van der Waals surface area contributed by atoms with E-state index in [-0.39, 0.29) is 11.9 Å². The standard InChI is InChI=1S/C21H26ClNO3/c1-5-6-15(3)23-21(24)16-7-10-20(25-4)17(12-16)13-26-18-8-9-19(22)14(2)11-18/h7-12,15H,5-6,13H2,1-4H3,(H,23,24). The molecule has 4 nitrogen and oxygen atoms in total. The highest BCUT2D eigenvalue weighted by molar-refractivity contribution is 6.31. The number of hydrogen-bond acceptors (Lipinski definition) is 3. The molecule has 1 unspecified atom stereocenters. The molecule has 0 heterocycles. The van der Waals surface area contributed by atoms with E-state index in [9.17, 15) is 4.79 Å². The van der Waals surface area contributed by atoms with E-state index >= 15 is 0 Å². The van der Waals surface area contributed by atoms with Crippen molar-refractivity contribution in [3.63, 3.8) is 0 Å². The summed E-state index contributed by atoms with van der Waals surface area (Å²) in [5.41, 5.74) is 2.37. The van der Waals surface area contributed by atoms with Gasteiger partial charge in [0.05, 0.1) is 7.11 Å². The number of rotatable bonds is 8. The van der Waals surface area contributed by atoms with Crippen LogP contribution in [0.25, 0.3) is 0 Å². The quantitative estimate of drug-likeness (QED) is 0.693. The zero-order valence-electron chi connectivity index (χ0n) is 15.8. The molecule has 0 bridgehead atoms. The van der Waals surface area contributed by atoms with Crippen molar-refractivity contribution in [3.05, 3.63) is 58.1 Å². The molecule has 0 saturated carbocycles. The SMILES string of the molecule is CCCC(C)NC(=O)c1ccc(OC)c(COc2ccc(Cl)c(C)c2)c1. The Morgan fingerprint density at radius 2 is 2.00 bits per heavy atom. The molecule has 26 heavy (non-hydrogen) atoms. The Labute approximate surface area is 160 Å². The molecule has 5 heteroatoms. The van der Waals surface area contributed by atoms with Crippen LogP contribution in [0.5, 0.6) is 11.5 Å². The Morgan fingerprint density at radius 1 is 1.23 bits per heavy atom. The molecule has 0 aliphatic rings. The summed E-state index contributed by atoms with van der Waals surface area (Å²) < 4.78 is 11.3. The van der Waals surface area contributed by atoms with Gasteiger partial charge in [-0.3, -0.25) is 4.79 Å². The van der Waals surface area contributed by atoms with E-state index in [0.717, 1.165) is 29.7 Å². The smallest absolute Gasteiger partial charge is 0.251 e. The first-order valence-electron chi connectivity index (χ1n) is 8.81. The Hall–Kier alpha value is -2.20. The number of aryl methyl sites for hydroxylation is 1. The maximum atomic E-state index is 12.4. The maximum Gasteiger partial charge on any atom is 0.251 e. The summed E-state index contributed by atoms with van der Waals surface area (Å²) in [7, 11) is 1.61. The Bertz CT molecular complexity index is 761. The highest BCUT2D eigenvalue weighted by Crippen LogP contribution is 2.25. The van der Waals surface area contributed by atoms with E-state index in [1.165, 1.54) is 0 Å². The molecule has 140 valence electrons. The Kier molecular flexibility index (Phi) is 7.34. The van der Waals surface area contributed by atoms with Crippen molar-refractivity contribution in [3.8, 4) is 11.5 Å². The topological polar surface area (TPSA) is 47.6 Å². The molecular weight excluding hydrogens is 350 g/mol. The van der Waals surface area contributed by atoms with Gasteiger partial charge in [-0.05, 0) is 62.2 Å². The van der Waals surface area contributed by atoms with Crippen LogP contribution in [0.1, 0.15) is 48.2 Å². The molecule has 0 aromatic heterocycles. The van der Waals surface area contributed by atoms with Crippen LogP contribution in [0.4, 0.5) is 0 Å². The van der Waals surface area contributed by atoms with Crippen LogP contribution >= 0.6 is 11.6 Å². The van der Waals surface area contributed by atoms with Gasteiger partial charge in [0.2, 0.25) is 0 Å². The molecule has 0 aliphatic heterocycles. The second-order valence-electron chi connectivity index (χ2n) is 6.39. The molecule has 0 radical (unpaired) electrons. The van der Waals surface area contributed by atoms with Gasteiger partial charge in [-0.2, -0.15) is 0 Å². The number of benzene rings is 2. The van der Waals surface area contributed by atoms with Gasteiger partial charge in [-0.1, -0.05) is 24.9 Å². The third-order valence-electron chi connectivity index (χ3n) is 4.17. The van der Waals surface area contributed by atoms with Gasteiger partial charge in [0.1, 0.15) is 18.1 Å². The molecule has 0 fully saturated rings. The molecule has 1 N–H and O–H groups in total. The first-order valence-corrected chi connectivity index (χ1v) is 9.19. The predicted octanol–water partition coefficient (Wildman–Crippen LogP) is 5.15. The summed E-state index contributed by atoms with van der Waals surface area (Å²) in [5.74, 6) is 1.33. The van der Waals surface area contributed by atoms with Gasteiger partial charge in [-0.25, -0.2) is 0 Å². The van der Waals surface area contributed by atoms with Crippen LogP contribution in [0, 0.1) is 6.92 Å². The van der Waals surface area contributed by atoms with E-state index in [0.29, 0.717) is 22.9 Å². The molecule has 2 rings (SSSR count). The van der Waals surface area contributed by atoms with Crippen molar-refractivity contribution < 1.29 is 14.3 Å². The summed E-state index contributed by atoms with van der Waals surface area (Å²) in [5, 5.41) is 3.72. The number of carbonyl (C=O) groups is 1. The van der Waals surface area contributed by atoms with Crippen molar-refractivity contribution in [2.75, 3.05) is 7.11 Å². The minimum Gasteiger partial charge on any atom is -0.496 e. The lowest BCUT2D eigenvalue weighted by molar-refractivity contribution is 0.0938. The van der Waals surface area contributed by atoms with Crippen molar-refractivity contribution in [2.45, 2.75) is 46.3 Å². The van der Waals surface area contributed by atoms with Gasteiger partial charge < -0.3 is 14.8 Å². The Balaban J connectivity index is 2.13. The van der Waals surface area contributed by atoms with E-state index in [2.05, 4.69) is 12.2 Å². The second-order valence-corrected chi connectivity index (χ2v) is 6.80. The number of hydrogen-bond donors (Lipinski definition) is 1. The number of carbonyl (C=O) groups excluding carboxylic acids is 1. The summed E-state index contributed by atoms with van der Waals surface area (Å²) >= 11 is 6.04. The molecule has 1 amide bonds. The van der Waals surface area contributed by atoms with Crippen LogP contribution in [0.3, 0.4) is 0 Å². The van der Waals surface area contributed by atoms with E-state index in [1.807, 2.05) is 38.1 Å². The van der Waals surface area contributed by atoms with Crippen LogP contribution in [0.15, 0.2) is 36.4 Å². The summed E-state index contributed by atoms with van der Waals surface area (Å²) in [6, 6.07) is 11.0. The van der Waals surface area contributed by atoms with Crippen LogP contribution in [0.2, 0.25) is 5.02 Å². The lowest BCUT2D eigenvalue weighted by Crippen LogP contribution is -2.32. The van der Waals surface area contributed by atoms with Gasteiger partial charge in [0.25, 0.3) is 5.91 Å². The van der Waals surface area contributed by atoms with Crippen LogP contribution in [-0.2, 0) is 6.61 Å². The fraction of sp³-hybridized carbons (Fsp3) is 0.381. The maximum absolute atomic E-state index is 12.4. The minimum atomic E-state index is -0.0859.